The predicted molar refractivity (Wildman–Crippen MR) is 84.4 cm³/mol. The Hall–Kier alpha value is -1.68. The molecule has 6 heteroatoms. The maximum atomic E-state index is 9.65. The smallest absolute Gasteiger partial charge is 0.142 e. The van der Waals surface area contributed by atoms with E-state index in [1.807, 2.05) is 12.1 Å². The Labute approximate surface area is 131 Å². The summed E-state index contributed by atoms with van der Waals surface area (Å²) in [5, 5.41) is 27.7. The van der Waals surface area contributed by atoms with Crippen LogP contribution in [-0.2, 0) is 0 Å². The molecule has 22 heavy (non-hydrogen) atoms. The minimum atomic E-state index is 0.149. The molecule has 1 aromatic heterocycles. The standard InChI is InChI=1S/C16H24N4O2/c1-2-19(6-7-21)9-13-10-20(11-14(13)12-22)16-5-3-4-15(8-17)18-16/h3-5,13-14,21-22H,2,6-7,9-12H2,1H3/t13-,14-/m1/s1. The molecule has 1 aliphatic rings. The first-order chi connectivity index (χ1) is 10.7. The average Bonchev–Trinajstić information content (AvgIpc) is 2.97. The molecule has 1 fully saturated rings. The van der Waals surface area contributed by atoms with E-state index >= 15 is 0 Å². The fourth-order valence-electron chi connectivity index (χ4n) is 3.05. The topological polar surface area (TPSA) is 83.6 Å². The largest absolute Gasteiger partial charge is 0.396 e. The molecule has 0 radical (unpaired) electrons. The van der Waals surface area contributed by atoms with Crippen LogP contribution in [-0.4, -0.2) is 66.0 Å². The fraction of sp³-hybridized carbons (Fsp3) is 0.625. The van der Waals surface area contributed by atoms with Gasteiger partial charge in [-0.05, 0) is 24.6 Å². The molecule has 2 rings (SSSR count). The van der Waals surface area contributed by atoms with Crippen LogP contribution in [0.1, 0.15) is 12.6 Å². The van der Waals surface area contributed by atoms with E-state index in [4.69, 9.17) is 10.4 Å². The van der Waals surface area contributed by atoms with Gasteiger partial charge in [0.1, 0.15) is 17.6 Å². The second-order valence-corrected chi connectivity index (χ2v) is 5.72. The molecule has 6 nitrogen and oxygen atoms in total. The van der Waals surface area contributed by atoms with Gasteiger partial charge >= 0.3 is 0 Å². The van der Waals surface area contributed by atoms with Crippen molar-refractivity contribution in [3.63, 3.8) is 0 Å². The SMILES string of the molecule is CCN(CCO)C[C@@H]1CN(c2cccc(C#N)n2)C[C@@H]1CO. The highest BCUT2D eigenvalue weighted by Gasteiger charge is 2.33. The van der Waals surface area contributed by atoms with E-state index in [-0.39, 0.29) is 19.1 Å². The van der Waals surface area contributed by atoms with Gasteiger partial charge in [-0.3, -0.25) is 0 Å². The van der Waals surface area contributed by atoms with Crippen molar-refractivity contribution >= 4 is 5.82 Å². The van der Waals surface area contributed by atoms with Gasteiger partial charge in [0.25, 0.3) is 0 Å². The van der Waals surface area contributed by atoms with Crippen LogP contribution in [0.2, 0.25) is 0 Å². The first-order valence-corrected chi connectivity index (χ1v) is 7.78. The Bertz CT molecular complexity index is 517. The molecule has 2 heterocycles. The molecule has 0 aliphatic carbocycles. The van der Waals surface area contributed by atoms with Gasteiger partial charge in [-0.15, -0.1) is 0 Å². The molecule has 0 unspecified atom stereocenters. The lowest BCUT2D eigenvalue weighted by Gasteiger charge is -2.25. The zero-order chi connectivity index (χ0) is 15.9. The summed E-state index contributed by atoms with van der Waals surface area (Å²) >= 11 is 0. The zero-order valence-electron chi connectivity index (χ0n) is 13.0. The molecular formula is C16H24N4O2. The third kappa shape index (κ3) is 3.95. The molecule has 1 saturated heterocycles. The van der Waals surface area contributed by atoms with Gasteiger partial charge in [-0.25, -0.2) is 4.98 Å². The average molecular weight is 304 g/mol. The van der Waals surface area contributed by atoms with E-state index in [0.29, 0.717) is 18.2 Å². The molecule has 0 spiro atoms. The van der Waals surface area contributed by atoms with Gasteiger partial charge in [-0.1, -0.05) is 13.0 Å². The number of nitriles is 1. The van der Waals surface area contributed by atoms with Crippen LogP contribution in [0.4, 0.5) is 5.82 Å². The normalized spacial score (nSPS) is 21.3. The molecular weight excluding hydrogens is 280 g/mol. The number of rotatable bonds is 7. The van der Waals surface area contributed by atoms with Crippen LogP contribution in [0.3, 0.4) is 0 Å². The molecule has 0 saturated carbocycles. The number of aliphatic hydroxyl groups excluding tert-OH is 2. The highest BCUT2D eigenvalue weighted by Crippen LogP contribution is 2.27. The summed E-state index contributed by atoms with van der Waals surface area (Å²) in [4.78, 5) is 8.68. The van der Waals surface area contributed by atoms with Crippen molar-refractivity contribution in [1.82, 2.24) is 9.88 Å². The van der Waals surface area contributed by atoms with Gasteiger partial charge in [0, 0.05) is 38.7 Å². The van der Waals surface area contributed by atoms with E-state index in [2.05, 4.69) is 27.8 Å². The number of pyridine rings is 1. The third-order valence-corrected chi connectivity index (χ3v) is 4.34. The van der Waals surface area contributed by atoms with E-state index in [9.17, 15) is 5.11 Å². The van der Waals surface area contributed by atoms with Gasteiger partial charge in [0.05, 0.1) is 6.61 Å². The summed E-state index contributed by atoms with van der Waals surface area (Å²) < 4.78 is 0. The van der Waals surface area contributed by atoms with Crippen LogP contribution in [0, 0.1) is 23.2 Å². The molecule has 0 aromatic carbocycles. The number of nitrogens with zero attached hydrogens (tertiary/aromatic N) is 4. The van der Waals surface area contributed by atoms with Crippen LogP contribution in [0.5, 0.6) is 0 Å². The van der Waals surface area contributed by atoms with Crippen LogP contribution >= 0.6 is 0 Å². The highest BCUT2D eigenvalue weighted by molar-refractivity contribution is 5.43. The monoisotopic (exact) mass is 304 g/mol. The van der Waals surface area contributed by atoms with Crippen LogP contribution in [0.15, 0.2) is 18.2 Å². The van der Waals surface area contributed by atoms with Crippen molar-refractivity contribution in [2.75, 3.05) is 50.8 Å². The van der Waals surface area contributed by atoms with E-state index in [0.717, 1.165) is 32.0 Å². The lowest BCUT2D eigenvalue weighted by molar-refractivity contribution is 0.147. The predicted octanol–water partition coefficient (Wildman–Crippen LogP) is 0.312. The Kier molecular flexibility index (Phi) is 6.13. The summed E-state index contributed by atoms with van der Waals surface area (Å²) in [5.41, 5.74) is 0.414. The fourth-order valence-corrected chi connectivity index (χ4v) is 3.05. The first-order valence-electron chi connectivity index (χ1n) is 7.78. The molecule has 0 bridgehead atoms. The van der Waals surface area contributed by atoms with E-state index in [1.54, 1.807) is 6.07 Å². The highest BCUT2D eigenvalue weighted by atomic mass is 16.3. The number of aliphatic hydroxyl groups is 2. The van der Waals surface area contributed by atoms with Crippen molar-refractivity contribution in [3.8, 4) is 6.07 Å². The zero-order valence-corrected chi connectivity index (χ0v) is 13.0. The molecule has 2 N–H and O–H groups in total. The van der Waals surface area contributed by atoms with Crippen molar-refractivity contribution < 1.29 is 10.2 Å². The summed E-state index contributed by atoms with van der Waals surface area (Å²) in [7, 11) is 0. The van der Waals surface area contributed by atoms with Crippen molar-refractivity contribution in [2.45, 2.75) is 6.92 Å². The number of hydrogen-bond donors (Lipinski definition) is 2. The van der Waals surface area contributed by atoms with Gasteiger partial charge in [0.15, 0.2) is 0 Å². The molecule has 1 aromatic rings. The van der Waals surface area contributed by atoms with Gasteiger partial charge in [-0.2, -0.15) is 5.26 Å². The lowest BCUT2D eigenvalue weighted by Crippen LogP contribution is -2.35. The van der Waals surface area contributed by atoms with Gasteiger partial charge in [0.2, 0.25) is 0 Å². The summed E-state index contributed by atoms with van der Waals surface area (Å²) in [6, 6.07) is 7.50. The van der Waals surface area contributed by atoms with Crippen LogP contribution < -0.4 is 4.90 Å². The summed E-state index contributed by atoms with van der Waals surface area (Å²) in [6.07, 6.45) is 0. The number of aromatic nitrogens is 1. The Morgan fingerprint density at radius 3 is 2.77 bits per heavy atom. The number of anilines is 1. The first kappa shape index (κ1) is 16.7. The summed E-state index contributed by atoms with van der Waals surface area (Å²) in [5.74, 6) is 1.33. The second-order valence-electron chi connectivity index (χ2n) is 5.72. The molecule has 120 valence electrons. The van der Waals surface area contributed by atoms with Gasteiger partial charge < -0.3 is 20.0 Å². The number of likely N-dealkylation sites (N-methyl/N-ethyl adjacent to an activating group) is 1. The van der Waals surface area contributed by atoms with E-state index in [1.165, 1.54) is 0 Å². The quantitative estimate of drug-likeness (QED) is 0.754. The Balaban J connectivity index is 2.06. The Morgan fingerprint density at radius 1 is 1.36 bits per heavy atom. The lowest BCUT2D eigenvalue weighted by atomic mass is 9.96. The third-order valence-electron chi connectivity index (χ3n) is 4.34. The minimum absolute atomic E-state index is 0.149. The maximum Gasteiger partial charge on any atom is 0.142 e. The van der Waals surface area contributed by atoms with Crippen molar-refractivity contribution in [1.29, 1.82) is 5.26 Å². The van der Waals surface area contributed by atoms with Crippen molar-refractivity contribution in [3.05, 3.63) is 23.9 Å². The Morgan fingerprint density at radius 2 is 2.14 bits per heavy atom. The van der Waals surface area contributed by atoms with E-state index < -0.39 is 0 Å². The van der Waals surface area contributed by atoms with Crippen molar-refractivity contribution in [2.24, 2.45) is 11.8 Å². The number of hydrogen-bond acceptors (Lipinski definition) is 6. The minimum Gasteiger partial charge on any atom is -0.396 e. The summed E-state index contributed by atoms with van der Waals surface area (Å²) in [6.45, 7) is 6.35. The maximum absolute atomic E-state index is 9.65. The molecule has 2 atom stereocenters. The van der Waals surface area contributed by atoms with Crippen LogP contribution in [0.25, 0.3) is 0 Å². The second kappa shape index (κ2) is 8.08. The molecule has 1 aliphatic heterocycles. The molecule has 0 amide bonds.